The summed E-state index contributed by atoms with van der Waals surface area (Å²) in [5.41, 5.74) is -0.169. The maximum absolute atomic E-state index is 12.7. The molecule has 4 amide bonds. The van der Waals surface area contributed by atoms with Gasteiger partial charge >= 0.3 is 6.03 Å². The Morgan fingerprint density at radius 1 is 1.20 bits per heavy atom. The number of imide groups is 1. The number of ether oxygens (including phenoxy) is 2. The van der Waals surface area contributed by atoms with Gasteiger partial charge in [0.05, 0.1) is 11.8 Å². The Bertz CT molecular complexity index is 800. The SMILES string of the molecule is O=C(CCN1C(=O)NC2(CCCC2)C1=O)Nc1ccccc1OC[C@H]1CCCCO1. The summed E-state index contributed by atoms with van der Waals surface area (Å²) in [5.74, 6) is 0.113. The van der Waals surface area contributed by atoms with Crippen molar-refractivity contribution in [3.05, 3.63) is 24.3 Å². The number of benzene rings is 1. The van der Waals surface area contributed by atoms with Crippen molar-refractivity contribution in [3.63, 3.8) is 0 Å². The fourth-order valence-electron chi connectivity index (χ4n) is 4.44. The maximum atomic E-state index is 12.7. The minimum atomic E-state index is -0.741. The Kier molecular flexibility index (Phi) is 6.22. The van der Waals surface area contributed by atoms with Gasteiger partial charge in [0.1, 0.15) is 17.9 Å². The highest BCUT2D eigenvalue weighted by atomic mass is 16.5. The van der Waals surface area contributed by atoms with Crippen molar-refractivity contribution in [1.82, 2.24) is 10.2 Å². The fourth-order valence-corrected chi connectivity index (χ4v) is 4.44. The summed E-state index contributed by atoms with van der Waals surface area (Å²) in [6.07, 6.45) is 6.53. The van der Waals surface area contributed by atoms with Crippen molar-refractivity contribution >= 4 is 23.5 Å². The molecule has 0 bridgehead atoms. The second-order valence-electron chi connectivity index (χ2n) is 8.27. The maximum Gasteiger partial charge on any atom is 0.325 e. The Hall–Kier alpha value is -2.61. The van der Waals surface area contributed by atoms with Crippen LogP contribution in [0.25, 0.3) is 0 Å². The van der Waals surface area contributed by atoms with E-state index in [1.807, 2.05) is 12.1 Å². The third-order valence-corrected chi connectivity index (χ3v) is 6.13. The molecule has 3 aliphatic rings. The van der Waals surface area contributed by atoms with Gasteiger partial charge in [-0.15, -0.1) is 0 Å². The van der Waals surface area contributed by atoms with E-state index in [2.05, 4.69) is 10.6 Å². The van der Waals surface area contributed by atoms with Crippen molar-refractivity contribution in [2.45, 2.75) is 63.0 Å². The minimum absolute atomic E-state index is 0.0370. The predicted molar refractivity (Wildman–Crippen MR) is 110 cm³/mol. The second-order valence-corrected chi connectivity index (χ2v) is 8.27. The van der Waals surface area contributed by atoms with Crippen LogP contribution in [0.15, 0.2) is 24.3 Å². The molecule has 1 spiro atoms. The van der Waals surface area contributed by atoms with Gasteiger partial charge in [-0.05, 0) is 44.2 Å². The van der Waals surface area contributed by atoms with E-state index in [4.69, 9.17) is 9.47 Å². The minimum Gasteiger partial charge on any atom is -0.489 e. The molecule has 1 atom stereocenters. The van der Waals surface area contributed by atoms with E-state index < -0.39 is 11.6 Å². The van der Waals surface area contributed by atoms with Gasteiger partial charge in [0.15, 0.2) is 0 Å². The summed E-state index contributed by atoms with van der Waals surface area (Å²) in [6, 6.07) is 6.85. The number of hydrogen-bond donors (Lipinski definition) is 2. The van der Waals surface area contributed by atoms with E-state index in [-0.39, 0.29) is 30.9 Å². The quantitative estimate of drug-likeness (QED) is 0.668. The Morgan fingerprint density at radius 3 is 2.77 bits per heavy atom. The van der Waals surface area contributed by atoms with Gasteiger partial charge in [0.2, 0.25) is 5.91 Å². The van der Waals surface area contributed by atoms with Crippen LogP contribution in [-0.4, -0.2) is 54.1 Å². The molecule has 2 N–H and O–H groups in total. The lowest BCUT2D eigenvalue weighted by Crippen LogP contribution is -2.44. The topological polar surface area (TPSA) is 97.0 Å². The first-order chi connectivity index (χ1) is 14.6. The van der Waals surface area contributed by atoms with Crippen LogP contribution in [-0.2, 0) is 14.3 Å². The van der Waals surface area contributed by atoms with Gasteiger partial charge in [-0.25, -0.2) is 4.79 Å². The number of nitrogens with one attached hydrogen (secondary N) is 2. The number of hydrogen-bond acceptors (Lipinski definition) is 5. The molecule has 3 fully saturated rings. The van der Waals surface area contributed by atoms with E-state index in [0.29, 0.717) is 30.9 Å². The van der Waals surface area contributed by atoms with Crippen LogP contribution < -0.4 is 15.4 Å². The molecule has 0 unspecified atom stereocenters. The van der Waals surface area contributed by atoms with Crippen molar-refractivity contribution in [3.8, 4) is 5.75 Å². The normalized spacial score (nSPS) is 22.9. The van der Waals surface area contributed by atoms with Crippen LogP contribution in [0.2, 0.25) is 0 Å². The van der Waals surface area contributed by atoms with Crippen LogP contribution in [0.1, 0.15) is 51.4 Å². The molecular weight excluding hydrogens is 386 g/mol. The summed E-state index contributed by atoms with van der Waals surface area (Å²) in [5, 5.41) is 5.67. The first-order valence-electron chi connectivity index (χ1n) is 10.8. The summed E-state index contributed by atoms with van der Waals surface area (Å²) in [7, 11) is 0. The average molecular weight is 415 g/mol. The number of amides is 4. The van der Waals surface area contributed by atoms with Gasteiger partial charge in [-0.2, -0.15) is 0 Å². The Balaban J connectivity index is 1.30. The number of carbonyl (C=O) groups is 3. The summed E-state index contributed by atoms with van der Waals surface area (Å²) >= 11 is 0. The Morgan fingerprint density at radius 2 is 2.00 bits per heavy atom. The van der Waals surface area contributed by atoms with Crippen LogP contribution in [0.3, 0.4) is 0 Å². The summed E-state index contributed by atoms with van der Waals surface area (Å²) < 4.78 is 11.6. The van der Waals surface area contributed by atoms with E-state index in [0.717, 1.165) is 38.7 Å². The molecule has 0 aromatic heterocycles. The van der Waals surface area contributed by atoms with Gasteiger partial charge < -0.3 is 20.1 Å². The number of nitrogens with zero attached hydrogens (tertiary/aromatic N) is 1. The predicted octanol–water partition coefficient (Wildman–Crippen LogP) is 2.83. The van der Waals surface area contributed by atoms with Crippen LogP contribution in [0.4, 0.5) is 10.5 Å². The van der Waals surface area contributed by atoms with Crippen molar-refractivity contribution in [1.29, 1.82) is 0 Å². The van der Waals surface area contributed by atoms with Crippen LogP contribution in [0, 0.1) is 0 Å². The van der Waals surface area contributed by atoms with E-state index in [1.165, 1.54) is 4.90 Å². The number of para-hydroxylation sites is 2. The van der Waals surface area contributed by atoms with E-state index in [9.17, 15) is 14.4 Å². The molecule has 1 aliphatic carbocycles. The molecule has 4 rings (SSSR count). The molecule has 0 radical (unpaired) electrons. The molecule has 162 valence electrons. The molecule has 2 heterocycles. The third kappa shape index (κ3) is 4.43. The molecule has 1 aromatic rings. The van der Waals surface area contributed by atoms with Gasteiger partial charge in [0, 0.05) is 19.6 Å². The lowest BCUT2D eigenvalue weighted by Gasteiger charge is -2.23. The number of carbonyl (C=O) groups excluding carboxylic acids is 3. The molecule has 1 saturated carbocycles. The zero-order valence-electron chi connectivity index (χ0n) is 17.2. The third-order valence-electron chi connectivity index (χ3n) is 6.13. The monoisotopic (exact) mass is 415 g/mol. The largest absolute Gasteiger partial charge is 0.489 e. The van der Waals surface area contributed by atoms with E-state index >= 15 is 0 Å². The van der Waals surface area contributed by atoms with Crippen LogP contribution >= 0.6 is 0 Å². The second kappa shape index (κ2) is 9.04. The first kappa shape index (κ1) is 20.7. The van der Waals surface area contributed by atoms with Crippen molar-refractivity contribution < 1.29 is 23.9 Å². The molecular formula is C22H29N3O5. The van der Waals surface area contributed by atoms with Crippen molar-refractivity contribution in [2.75, 3.05) is 25.1 Å². The molecule has 30 heavy (non-hydrogen) atoms. The molecule has 8 nitrogen and oxygen atoms in total. The van der Waals surface area contributed by atoms with Gasteiger partial charge in [0.25, 0.3) is 5.91 Å². The molecule has 2 saturated heterocycles. The smallest absolute Gasteiger partial charge is 0.325 e. The molecule has 2 aliphatic heterocycles. The zero-order valence-corrected chi connectivity index (χ0v) is 17.2. The molecule has 1 aromatic carbocycles. The Labute approximate surface area is 176 Å². The standard InChI is InChI=1S/C22H29N3O5/c26-19(10-13-25-20(27)22(24-21(25)28)11-4-5-12-22)23-17-8-1-2-9-18(17)30-15-16-7-3-6-14-29-16/h1-2,8-9,16H,3-7,10-15H2,(H,23,26)(H,24,28)/t16-/m1/s1. The number of anilines is 1. The lowest BCUT2D eigenvalue weighted by atomic mass is 9.98. The number of rotatable bonds is 7. The first-order valence-corrected chi connectivity index (χ1v) is 10.8. The highest BCUT2D eigenvalue weighted by molar-refractivity contribution is 6.07. The summed E-state index contributed by atoms with van der Waals surface area (Å²) in [6.45, 7) is 1.27. The highest BCUT2D eigenvalue weighted by Crippen LogP contribution is 2.35. The number of urea groups is 1. The highest BCUT2D eigenvalue weighted by Gasteiger charge is 2.52. The van der Waals surface area contributed by atoms with Crippen molar-refractivity contribution in [2.24, 2.45) is 0 Å². The van der Waals surface area contributed by atoms with Crippen LogP contribution in [0.5, 0.6) is 5.75 Å². The lowest BCUT2D eigenvalue weighted by molar-refractivity contribution is -0.131. The fraction of sp³-hybridized carbons (Fsp3) is 0.591. The van der Waals surface area contributed by atoms with Gasteiger partial charge in [-0.3, -0.25) is 14.5 Å². The molecule has 8 heteroatoms. The van der Waals surface area contributed by atoms with Gasteiger partial charge in [-0.1, -0.05) is 25.0 Å². The average Bonchev–Trinajstić information content (AvgIpc) is 3.31. The zero-order chi connectivity index (χ0) is 21.0. The van der Waals surface area contributed by atoms with E-state index in [1.54, 1.807) is 12.1 Å². The summed E-state index contributed by atoms with van der Waals surface area (Å²) in [4.78, 5) is 38.6.